The SMILES string of the molecule is OC(c1ccc(Cl)c(Br)c1)c1ccc2ncccc2c1. The molecule has 4 heteroatoms. The zero-order valence-corrected chi connectivity index (χ0v) is 12.8. The first-order valence-electron chi connectivity index (χ1n) is 6.13. The molecule has 0 radical (unpaired) electrons. The van der Waals surface area contributed by atoms with Crippen molar-refractivity contribution < 1.29 is 5.11 Å². The maximum atomic E-state index is 10.5. The molecule has 2 aromatic carbocycles. The maximum absolute atomic E-state index is 10.5. The van der Waals surface area contributed by atoms with Gasteiger partial charge in [0.1, 0.15) is 6.10 Å². The summed E-state index contributed by atoms with van der Waals surface area (Å²) in [4.78, 5) is 4.27. The van der Waals surface area contributed by atoms with E-state index in [9.17, 15) is 5.11 Å². The number of benzene rings is 2. The average molecular weight is 349 g/mol. The number of aliphatic hydroxyl groups excluding tert-OH is 1. The Kier molecular flexibility index (Phi) is 3.74. The molecular formula is C16H11BrClNO. The Bertz CT molecular complexity index is 775. The Labute approximate surface area is 130 Å². The summed E-state index contributed by atoms with van der Waals surface area (Å²) in [6.07, 6.45) is 1.07. The van der Waals surface area contributed by atoms with E-state index in [0.29, 0.717) is 5.02 Å². The normalized spacial score (nSPS) is 12.6. The van der Waals surface area contributed by atoms with Crippen molar-refractivity contribution in [2.45, 2.75) is 6.10 Å². The van der Waals surface area contributed by atoms with Crippen LogP contribution in [0.3, 0.4) is 0 Å². The quantitative estimate of drug-likeness (QED) is 0.726. The van der Waals surface area contributed by atoms with Gasteiger partial charge in [0.2, 0.25) is 0 Å². The van der Waals surface area contributed by atoms with Crippen molar-refractivity contribution in [3.8, 4) is 0 Å². The first-order chi connectivity index (χ1) is 9.65. The smallest absolute Gasteiger partial charge is 0.104 e. The van der Waals surface area contributed by atoms with Crippen LogP contribution in [-0.2, 0) is 0 Å². The number of aromatic nitrogens is 1. The fourth-order valence-electron chi connectivity index (χ4n) is 2.14. The van der Waals surface area contributed by atoms with Gasteiger partial charge in [0.25, 0.3) is 0 Å². The molecule has 1 N–H and O–H groups in total. The van der Waals surface area contributed by atoms with E-state index < -0.39 is 6.10 Å². The van der Waals surface area contributed by atoms with Gasteiger partial charge in [-0.1, -0.05) is 29.8 Å². The molecule has 20 heavy (non-hydrogen) atoms. The van der Waals surface area contributed by atoms with Gasteiger partial charge in [-0.05, 0) is 57.4 Å². The number of nitrogens with zero attached hydrogens (tertiary/aromatic N) is 1. The number of pyridine rings is 1. The summed E-state index contributed by atoms with van der Waals surface area (Å²) in [6.45, 7) is 0. The molecule has 1 aromatic heterocycles. The molecule has 0 aliphatic rings. The minimum Gasteiger partial charge on any atom is -0.384 e. The van der Waals surface area contributed by atoms with Crippen LogP contribution < -0.4 is 0 Å². The zero-order valence-electron chi connectivity index (χ0n) is 10.4. The van der Waals surface area contributed by atoms with Crippen molar-refractivity contribution in [3.63, 3.8) is 0 Å². The molecule has 1 unspecified atom stereocenters. The molecule has 100 valence electrons. The zero-order chi connectivity index (χ0) is 14.1. The van der Waals surface area contributed by atoms with Crippen molar-refractivity contribution in [2.75, 3.05) is 0 Å². The van der Waals surface area contributed by atoms with E-state index in [4.69, 9.17) is 11.6 Å². The summed E-state index contributed by atoms with van der Waals surface area (Å²) in [7, 11) is 0. The summed E-state index contributed by atoms with van der Waals surface area (Å²) in [5, 5.41) is 12.1. The summed E-state index contributed by atoms with van der Waals surface area (Å²) >= 11 is 9.35. The Morgan fingerprint density at radius 3 is 2.60 bits per heavy atom. The predicted octanol–water partition coefficient (Wildman–Crippen LogP) is 4.73. The lowest BCUT2D eigenvalue weighted by Gasteiger charge is -2.13. The first-order valence-corrected chi connectivity index (χ1v) is 7.30. The van der Waals surface area contributed by atoms with Gasteiger partial charge in [0, 0.05) is 16.1 Å². The van der Waals surface area contributed by atoms with Crippen molar-refractivity contribution >= 4 is 38.4 Å². The molecule has 1 heterocycles. The second kappa shape index (κ2) is 5.52. The van der Waals surface area contributed by atoms with Gasteiger partial charge >= 0.3 is 0 Å². The van der Waals surface area contributed by atoms with Crippen LogP contribution in [0.25, 0.3) is 10.9 Å². The molecule has 0 saturated heterocycles. The second-order valence-electron chi connectivity index (χ2n) is 4.53. The van der Waals surface area contributed by atoms with Gasteiger partial charge in [-0.3, -0.25) is 4.98 Å². The van der Waals surface area contributed by atoms with Crippen LogP contribution in [0, 0.1) is 0 Å². The number of rotatable bonds is 2. The Balaban J connectivity index is 2.02. The van der Waals surface area contributed by atoms with Crippen LogP contribution >= 0.6 is 27.5 Å². The minimum absolute atomic E-state index is 0.628. The molecule has 0 aliphatic heterocycles. The van der Waals surface area contributed by atoms with E-state index >= 15 is 0 Å². The van der Waals surface area contributed by atoms with Gasteiger partial charge in [0.15, 0.2) is 0 Å². The standard InChI is InChI=1S/C16H11BrClNO/c17-13-9-12(3-5-14(13)18)16(20)11-4-6-15-10(8-11)2-1-7-19-15/h1-9,16,20H. The van der Waals surface area contributed by atoms with Crippen LogP contribution in [0.1, 0.15) is 17.2 Å². The molecule has 0 saturated carbocycles. The second-order valence-corrected chi connectivity index (χ2v) is 5.79. The fourth-order valence-corrected chi connectivity index (χ4v) is 2.65. The highest BCUT2D eigenvalue weighted by Crippen LogP contribution is 2.30. The number of hydrogen-bond donors (Lipinski definition) is 1. The van der Waals surface area contributed by atoms with Gasteiger partial charge in [-0.2, -0.15) is 0 Å². The van der Waals surface area contributed by atoms with Crippen LogP contribution in [0.5, 0.6) is 0 Å². The number of fused-ring (bicyclic) bond motifs is 1. The molecule has 0 spiro atoms. The molecule has 1 atom stereocenters. The van der Waals surface area contributed by atoms with Crippen molar-refractivity contribution in [1.82, 2.24) is 4.98 Å². The van der Waals surface area contributed by atoms with Gasteiger partial charge in [-0.15, -0.1) is 0 Å². The predicted molar refractivity (Wildman–Crippen MR) is 85.0 cm³/mol. The van der Waals surface area contributed by atoms with Crippen molar-refractivity contribution in [1.29, 1.82) is 0 Å². The highest BCUT2D eigenvalue weighted by atomic mass is 79.9. The fraction of sp³-hybridized carbons (Fsp3) is 0.0625. The molecule has 2 nitrogen and oxygen atoms in total. The number of aliphatic hydroxyl groups is 1. The highest BCUT2D eigenvalue weighted by Gasteiger charge is 2.12. The monoisotopic (exact) mass is 347 g/mol. The van der Waals surface area contributed by atoms with E-state index in [1.807, 2.05) is 42.5 Å². The minimum atomic E-state index is -0.687. The van der Waals surface area contributed by atoms with Crippen molar-refractivity contribution in [2.24, 2.45) is 0 Å². The third-order valence-electron chi connectivity index (χ3n) is 3.20. The third kappa shape index (κ3) is 2.57. The summed E-state index contributed by atoms with van der Waals surface area (Å²) in [6, 6.07) is 15.1. The van der Waals surface area contributed by atoms with E-state index in [1.54, 1.807) is 12.3 Å². The molecule has 0 bridgehead atoms. The molecule has 0 amide bonds. The van der Waals surface area contributed by atoms with Gasteiger partial charge < -0.3 is 5.11 Å². The summed E-state index contributed by atoms with van der Waals surface area (Å²) in [5.74, 6) is 0. The molecular weight excluding hydrogens is 338 g/mol. The van der Waals surface area contributed by atoms with E-state index in [2.05, 4.69) is 20.9 Å². The summed E-state index contributed by atoms with van der Waals surface area (Å²) < 4.78 is 0.776. The lowest BCUT2D eigenvalue weighted by Crippen LogP contribution is -1.99. The Hall–Kier alpha value is -1.42. The highest BCUT2D eigenvalue weighted by molar-refractivity contribution is 9.10. The van der Waals surface area contributed by atoms with Crippen LogP contribution in [0.15, 0.2) is 59.2 Å². The Morgan fingerprint density at radius 1 is 1.05 bits per heavy atom. The topological polar surface area (TPSA) is 33.1 Å². The number of hydrogen-bond acceptors (Lipinski definition) is 2. The number of halogens is 2. The largest absolute Gasteiger partial charge is 0.384 e. The average Bonchev–Trinajstić information content (AvgIpc) is 2.49. The first kappa shape index (κ1) is 13.6. The van der Waals surface area contributed by atoms with E-state index in [0.717, 1.165) is 26.5 Å². The molecule has 3 rings (SSSR count). The van der Waals surface area contributed by atoms with Crippen LogP contribution in [-0.4, -0.2) is 10.1 Å². The molecule has 0 aliphatic carbocycles. The Morgan fingerprint density at radius 2 is 1.80 bits per heavy atom. The molecule has 0 fully saturated rings. The lowest BCUT2D eigenvalue weighted by molar-refractivity contribution is 0.220. The van der Waals surface area contributed by atoms with Crippen LogP contribution in [0.4, 0.5) is 0 Å². The third-order valence-corrected chi connectivity index (χ3v) is 4.42. The van der Waals surface area contributed by atoms with Crippen LogP contribution in [0.2, 0.25) is 5.02 Å². The summed E-state index contributed by atoms with van der Waals surface area (Å²) in [5.41, 5.74) is 2.55. The van der Waals surface area contributed by atoms with Gasteiger partial charge in [-0.25, -0.2) is 0 Å². The maximum Gasteiger partial charge on any atom is 0.104 e. The van der Waals surface area contributed by atoms with Crippen molar-refractivity contribution in [3.05, 3.63) is 75.4 Å². The lowest BCUT2D eigenvalue weighted by atomic mass is 10.00. The van der Waals surface area contributed by atoms with Gasteiger partial charge in [0.05, 0.1) is 10.5 Å². The molecule has 3 aromatic rings. The van der Waals surface area contributed by atoms with E-state index in [-0.39, 0.29) is 0 Å². The van der Waals surface area contributed by atoms with E-state index in [1.165, 1.54) is 0 Å².